The van der Waals surface area contributed by atoms with Gasteiger partial charge in [0.1, 0.15) is 12.6 Å². The van der Waals surface area contributed by atoms with Crippen molar-refractivity contribution in [1.29, 1.82) is 0 Å². The summed E-state index contributed by atoms with van der Waals surface area (Å²) < 4.78 is 28.8. The van der Waals surface area contributed by atoms with Crippen molar-refractivity contribution in [3.63, 3.8) is 0 Å². The predicted octanol–water partition coefficient (Wildman–Crippen LogP) is 4.97. The van der Waals surface area contributed by atoms with Crippen molar-refractivity contribution in [2.45, 2.75) is 70.0 Å². The van der Waals surface area contributed by atoms with Crippen LogP contribution >= 0.6 is 0 Å². The predicted molar refractivity (Wildman–Crippen MR) is 154 cm³/mol. The van der Waals surface area contributed by atoms with Crippen LogP contribution in [0.2, 0.25) is 0 Å². The van der Waals surface area contributed by atoms with Crippen molar-refractivity contribution in [3.05, 3.63) is 95.6 Å². The summed E-state index contributed by atoms with van der Waals surface area (Å²) in [7, 11) is -4.06. The van der Waals surface area contributed by atoms with Crippen LogP contribution in [0.5, 0.6) is 0 Å². The molecule has 0 bridgehead atoms. The highest BCUT2D eigenvalue weighted by atomic mass is 32.2. The first-order valence-electron chi connectivity index (χ1n) is 13.4. The molecule has 1 fully saturated rings. The Hall–Kier alpha value is -3.65. The molecule has 1 aliphatic carbocycles. The summed E-state index contributed by atoms with van der Waals surface area (Å²) in [6.07, 6.45) is 4.02. The average Bonchev–Trinajstić information content (AvgIpc) is 3.44. The van der Waals surface area contributed by atoms with Crippen LogP contribution in [0.4, 0.5) is 5.69 Å². The third-order valence-corrected chi connectivity index (χ3v) is 9.06. The van der Waals surface area contributed by atoms with Crippen molar-refractivity contribution in [3.8, 4) is 0 Å². The van der Waals surface area contributed by atoms with E-state index in [0.717, 1.165) is 46.7 Å². The number of aryl methyl sites for hydroxylation is 2. The number of carbonyl (C=O) groups excluding carboxylic acids is 2. The Morgan fingerprint density at radius 1 is 0.872 bits per heavy atom. The van der Waals surface area contributed by atoms with E-state index in [1.165, 1.54) is 4.90 Å². The summed E-state index contributed by atoms with van der Waals surface area (Å²) in [5.74, 6) is -0.682. The smallest absolute Gasteiger partial charge is 0.264 e. The second kappa shape index (κ2) is 12.5. The molecule has 0 aromatic heterocycles. The number of amides is 2. The Morgan fingerprint density at radius 3 is 2.03 bits per heavy atom. The van der Waals surface area contributed by atoms with Gasteiger partial charge in [0.05, 0.1) is 10.6 Å². The minimum Gasteiger partial charge on any atom is -0.352 e. The second-order valence-corrected chi connectivity index (χ2v) is 12.2. The zero-order valence-electron chi connectivity index (χ0n) is 22.8. The first-order valence-corrected chi connectivity index (χ1v) is 14.9. The Kier molecular flexibility index (Phi) is 9.07. The van der Waals surface area contributed by atoms with E-state index in [4.69, 9.17) is 0 Å². The molecule has 1 N–H and O–H groups in total. The Balaban J connectivity index is 1.66. The summed E-state index contributed by atoms with van der Waals surface area (Å²) in [5.41, 5.74) is 3.15. The zero-order chi connectivity index (χ0) is 28.0. The Bertz CT molecular complexity index is 1370. The van der Waals surface area contributed by atoms with E-state index in [-0.39, 0.29) is 23.4 Å². The molecule has 206 valence electrons. The molecule has 7 nitrogen and oxygen atoms in total. The van der Waals surface area contributed by atoms with E-state index in [1.54, 1.807) is 43.3 Å². The second-order valence-electron chi connectivity index (χ2n) is 10.3. The van der Waals surface area contributed by atoms with Crippen LogP contribution in [-0.4, -0.2) is 43.8 Å². The number of hydrogen-bond donors (Lipinski definition) is 1. The van der Waals surface area contributed by atoms with Gasteiger partial charge in [-0.3, -0.25) is 13.9 Å². The molecule has 1 saturated carbocycles. The van der Waals surface area contributed by atoms with Gasteiger partial charge in [0.15, 0.2) is 0 Å². The molecule has 2 amide bonds. The van der Waals surface area contributed by atoms with Gasteiger partial charge in [-0.2, -0.15) is 0 Å². The fourth-order valence-electron chi connectivity index (χ4n) is 4.83. The molecule has 3 aromatic rings. The maximum Gasteiger partial charge on any atom is 0.264 e. The first kappa shape index (κ1) is 28.4. The molecule has 1 unspecified atom stereocenters. The lowest BCUT2D eigenvalue weighted by molar-refractivity contribution is -0.139. The largest absolute Gasteiger partial charge is 0.352 e. The summed E-state index contributed by atoms with van der Waals surface area (Å²) in [6, 6.07) is 22.4. The van der Waals surface area contributed by atoms with Gasteiger partial charge in [-0.05, 0) is 63.4 Å². The fourth-order valence-corrected chi connectivity index (χ4v) is 6.25. The molecule has 4 rings (SSSR count). The highest BCUT2D eigenvalue weighted by molar-refractivity contribution is 7.92. The molecule has 0 heterocycles. The van der Waals surface area contributed by atoms with Crippen LogP contribution in [0.1, 0.15) is 49.3 Å². The maximum atomic E-state index is 14.0. The topological polar surface area (TPSA) is 86.8 Å². The van der Waals surface area contributed by atoms with E-state index in [2.05, 4.69) is 5.32 Å². The standard InChI is InChI=1S/C31H37N3O4S/c1-23-13-17-28(18-14-23)34(39(37,38)29-19-15-24(2)16-20-29)22-30(35)33(21-26-9-5-4-6-10-26)25(3)31(36)32-27-11-7-8-12-27/h4-6,9-10,13-20,25,27H,7-8,11-12,21-22H2,1-3H3,(H,32,36). The van der Waals surface area contributed by atoms with Crippen LogP contribution in [0.3, 0.4) is 0 Å². The van der Waals surface area contributed by atoms with Crippen molar-refractivity contribution < 1.29 is 18.0 Å². The van der Waals surface area contributed by atoms with Crippen molar-refractivity contribution in [2.24, 2.45) is 0 Å². The molecule has 39 heavy (non-hydrogen) atoms. The molecule has 0 radical (unpaired) electrons. The van der Waals surface area contributed by atoms with Gasteiger partial charge < -0.3 is 10.2 Å². The number of rotatable bonds is 10. The SMILES string of the molecule is Cc1ccc(N(CC(=O)N(Cc2ccccc2)C(C)C(=O)NC2CCCC2)S(=O)(=O)c2ccc(C)cc2)cc1. The molecule has 0 aliphatic heterocycles. The lowest BCUT2D eigenvalue weighted by Gasteiger charge is -2.32. The summed E-state index contributed by atoms with van der Waals surface area (Å²) in [6.45, 7) is 5.26. The van der Waals surface area contributed by atoms with E-state index in [1.807, 2.05) is 56.3 Å². The van der Waals surface area contributed by atoms with Crippen molar-refractivity contribution in [1.82, 2.24) is 10.2 Å². The zero-order valence-corrected chi connectivity index (χ0v) is 23.7. The molecular formula is C31H37N3O4S. The van der Waals surface area contributed by atoms with E-state index < -0.39 is 28.5 Å². The van der Waals surface area contributed by atoms with Crippen molar-refractivity contribution in [2.75, 3.05) is 10.8 Å². The van der Waals surface area contributed by atoms with Gasteiger partial charge in [0.25, 0.3) is 10.0 Å². The summed E-state index contributed by atoms with van der Waals surface area (Å²) in [5, 5.41) is 3.09. The van der Waals surface area contributed by atoms with Gasteiger partial charge in [-0.25, -0.2) is 8.42 Å². The highest BCUT2D eigenvalue weighted by Crippen LogP contribution is 2.25. The number of benzene rings is 3. The normalized spacial score (nSPS) is 14.5. The van der Waals surface area contributed by atoms with E-state index in [0.29, 0.717) is 5.69 Å². The van der Waals surface area contributed by atoms with Gasteiger partial charge >= 0.3 is 0 Å². The van der Waals surface area contributed by atoms with Crippen LogP contribution < -0.4 is 9.62 Å². The van der Waals surface area contributed by atoms with Crippen LogP contribution in [0.25, 0.3) is 0 Å². The highest BCUT2D eigenvalue weighted by Gasteiger charge is 2.33. The molecule has 1 aliphatic rings. The average molecular weight is 548 g/mol. The lowest BCUT2D eigenvalue weighted by atomic mass is 10.1. The van der Waals surface area contributed by atoms with Gasteiger partial charge in [0.2, 0.25) is 11.8 Å². The molecule has 0 saturated heterocycles. The fraction of sp³-hybridized carbons (Fsp3) is 0.355. The van der Waals surface area contributed by atoms with E-state index in [9.17, 15) is 18.0 Å². The van der Waals surface area contributed by atoms with Gasteiger partial charge in [-0.1, -0.05) is 78.6 Å². The van der Waals surface area contributed by atoms with Crippen LogP contribution in [0.15, 0.2) is 83.8 Å². The van der Waals surface area contributed by atoms with Crippen molar-refractivity contribution >= 4 is 27.5 Å². The number of nitrogens with one attached hydrogen (secondary N) is 1. The quantitative estimate of drug-likeness (QED) is 0.388. The Labute approximate surface area is 231 Å². The van der Waals surface area contributed by atoms with Gasteiger partial charge in [-0.15, -0.1) is 0 Å². The number of anilines is 1. The minimum absolute atomic E-state index is 0.100. The molecular weight excluding hydrogens is 510 g/mol. The van der Waals surface area contributed by atoms with Gasteiger partial charge in [0, 0.05) is 12.6 Å². The molecule has 0 spiro atoms. The minimum atomic E-state index is -4.06. The lowest BCUT2D eigenvalue weighted by Crippen LogP contribution is -2.52. The molecule has 1 atom stereocenters. The van der Waals surface area contributed by atoms with Crippen LogP contribution in [-0.2, 0) is 26.2 Å². The third-order valence-electron chi connectivity index (χ3n) is 7.27. The maximum absolute atomic E-state index is 14.0. The molecule has 3 aromatic carbocycles. The van der Waals surface area contributed by atoms with Crippen LogP contribution in [0, 0.1) is 13.8 Å². The number of carbonyl (C=O) groups is 2. The summed E-state index contributed by atoms with van der Waals surface area (Å²) in [4.78, 5) is 28.8. The van der Waals surface area contributed by atoms with E-state index >= 15 is 0 Å². The molecule has 8 heteroatoms. The number of hydrogen-bond acceptors (Lipinski definition) is 4. The monoisotopic (exact) mass is 547 g/mol. The summed E-state index contributed by atoms with van der Waals surface area (Å²) >= 11 is 0. The first-order chi connectivity index (χ1) is 18.6. The number of sulfonamides is 1. The Morgan fingerprint density at radius 2 is 1.44 bits per heavy atom. The number of nitrogens with zero attached hydrogens (tertiary/aromatic N) is 2. The third kappa shape index (κ3) is 7.06.